The number of nitrogens with one attached hydrogen (secondary N) is 2. The van der Waals surface area contributed by atoms with Crippen LogP contribution in [0.5, 0.6) is 0 Å². The zero-order chi connectivity index (χ0) is 22.8. The van der Waals surface area contributed by atoms with Crippen molar-refractivity contribution in [3.8, 4) is 0 Å². The monoisotopic (exact) mass is 446 g/mol. The van der Waals surface area contributed by atoms with Crippen LogP contribution in [-0.2, 0) is 9.53 Å². The van der Waals surface area contributed by atoms with Crippen molar-refractivity contribution in [1.82, 2.24) is 10.6 Å². The molecule has 166 valence electrons. The maximum absolute atomic E-state index is 12.2. The van der Waals surface area contributed by atoms with Gasteiger partial charge in [0.15, 0.2) is 0 Å². The Kier molecular flexibility index (Phi) is 6.59. The Morgan fingerprint density at radius 3 is 2.68 bits per heavy atom. The minimum Gasteiger partial charge on any atom is -0.444 e. The number of imide groups is 1. The van der Waals surface area contributed by atoms with Crippen LogP contribution in [-0.4, -0.2) is 47.9 Å². The summed E-state index contributed by atoms with van der Waals surface area (Å²) in [5.74, 6) is -1.07. The van der Waals surface area contributed by atoms with E-state index in [-0.39, 0.29) is 10.9 Å². The zero-order valence-corrected chi connectivity index (χ0v) is 18.5. The van der Waals surface area contributed by atoms with E-state index in [9.17, 15) is 19.2 Å². The number of piperidine rings is 1. The van der Waals surface area contributed by atoms with E-state index >= 15 is 0 Å². The molecule has 1 aromatic carbocycles. The van der Waals surface area contributed by atoms with E-state index in [0.717, 1.165) is 36.8 Å². The summed E-state index contributed by atoms with van der Waals surface area (Å²) in [6, 6.07) is 4.87. The molecule has 3 rings (SSSR count). The van der Waals surface area contributed by atoms with E-state index in [1.165, 1.54) is 0 Å². The maximum Gasteiger partial charge on any atom is 0.407 e. The lowest BCUT2D eigenvalue weighted by molar-refractivity contribution is -0.115. The number of hydrogen-bond acceptors (Lipinski definition) is 7. The van der Waals surface area contributed by atoms with Crippen molar-refractivity contribution in [2.75, 3.05) is 18.0 Å². The first kappa shape index (κ1) is 22.7. The van der Waals surface area contributed by atoms with Crippen LogP contribution < -0.4 is 21.3 Å². The molecule has 0 saturated carbocycles. The second kappa shape index (κ2) is 9.01. The van der Waals surface area contributed by atoms with Crippen molar-refractivity contribution in [2.24, 2.45) is 5.73 Å². The fraction of sp³-hybridized carbons (Fsp3) is 0.429. The summed E-state index contributed by atoms with van der Waals surface area (Å²) in [4.78, 5) is 49.7. The van der Waals surface area contributed by atoms with Gasteiger partial charge < -0.3 is 20.7 Å². The van der Waals surface area contributed by atoms with Crippen LogP contribution in [0.25, 0.3) is 6.08 Å². The van der Waals surface area contributed by atoms with Crippen molar-refractivity contribution >= 4 is 46.7 Å². The third kappa shape index (κ3) is 6.00. The van der Waals surface area contributed by atoms with Gasteiger partial charge in [-0.2, -0.15) is 0 Å². The van der Waals surface area contributed by atoms with Crippen molar-refractivity contribution in [1.29, 1.82) is 0 Å². The minimum atomic E-state index is -0.589. The lowest BCUT2D eigenvalue weighted by Gasteiger charge is -2.36. The molecule has 9 nitrogen and oxygen atoms in total. The van der Waals surface area contributed by atoms with Crippen LogP contribution >= 0.6 is 11.8 Å². The summed E-state index contributed by atoms with van der Waals surface area (Å²) in [5, 5.41) is 4.68. The number of rotatable bonds is 4. The molecule has 0 radical (unpaired) electrons. The predicted octanol–water partition coefficient (Wildman–Crippen LogP) is 2.60. The quantitative estimate of drug-likeness (QED) is 0.606. The van der Waals surface area contributed by atoms with Gasteiger partial charge in [0.05, 0.1) is 4.91 Å². The van der Waals surface area contributed by atoms with Gasteiger partial charge in [-0.25, -0.2) is 4.79 Å². The highest BCUT2D eigenvalue weighted by Crippen LogP contribution is 2.31. The molecule has 0 aliphatic carbocycles. The number of thioether (sulfide) groups is 1. The van der Waals surface area contributed by atoms with Crippen LogP contribution in [0.3, 0.4) is 0 Å². The number of carbonyl (C=O) groups excluding carboxylic acids is 4. The average molecular weight is 447 g/mol. The number of primary amides is 1. The van der Waals surface area contributed by atoms with Gasteiger partial charge in [-0.05, 0) is 75.2 Å². The van der Waals surface area contributed by atoms with E-state index in [0.29, 0.717) is 17.7 Å². The topological polar surface area (TPSA) is 131 Å². The summed E-state index contributed by atoms with van der Waals surface area (Å²) >= 11 is 0.806. The van der Waals surface area contributed by atoms with Crippen molar-refractivity contribution in [3.05, 3.63) is 34.2 Å². The average Bonchev–Trinajstić information content (AvgIpc) is 2.97. The number of carbonyl (C=O) groups is 4. The molecule has 2 fully saturated rings. The first-order valence-electron chi connectivity index (χ1n) is 9.95. The summed E-state index contributed by atoms with van der Waals surface area (Å²) in [6.07, 6.45) is 2.75. The first-order valence-corrected chi connectivity index (χ1v) is 10.8. The van der Waals surface area contributed by atoms with E-state index < -0.39 is 28.7 Å². The SMILES string of the molecule is CC(C)(C)OC(=O)N[C@@H]1CCCN(c2ccc(C(N)=O)cc2/C=C2\SC(=O)NC2=O)C1. The van der Waals surface area contributed by atoms with Gasteiger partial charge in [0.2, 0.25) is 5.91 Å². The number of nitrogens with zero attached hydrogens (tertiary/aromatic N) is 1. The van der Waals surface area contributed by atoms with E-state index in [4.69, 9.17) is 10.5 Å². The standard InChI is InChI=1S/C21H26N4O5S/c1-21(2,3)30-19(28)23-14-5-4-8-25(11-14)15-7-6-12(17(22)26)9-13(15)10-16-18(27)24-20(29)31-16/h6-7,9-10,14H,4-5,8,11H2,1-3H3,(H2,22,26)(H,23,28)(H,24,27,29)/b16-10-/t14-/m1/s1. The molecule has 2 aliphatic heterocycles. The molecule has 2 saturated heterocycles. The Morgan fingerprint density at radius 2 is 2.06 bits per heavy atom. The van der Waals surface area contributed by atoms with Gasteiger partial charge in [0.25, 0.3) is 11.1 Å². The van der Waals surface area contributed by atoms with Crippen molar-refractivity contribution in [3.63, 3.8) is 0 Å². The molecule has 0 unspecified atom stereocenters. The number of hydrogen-bond donors (Lipinski definition) is 3. The van der Waals surface area contributed by atoms with Crippen LogP contribution in [0, 0.1) is 0 Å². The van der Waals surface area contributed by atoms with Gasteiger partial charge in [-0.3, -0.25) is 19.7 Å². The van der Waals surface area contributed by atoms with Crippen LogP contribution in [0.2, 0.25) is 0 Å². The molecule has 0 bridgehead atoms. The highest BCUT2D eigenvalue weighted by molar-refractivity contribution is 8.18. The Labute approximate surface area is 184 Å². The molecule has 10 heteroatoms. The zero-order valence-electron chi connectivity index (χ0n) is 17.7. The fourth-order valence-electron chi connectivity index (χ4n) is 3.46. The maximum atomic E-state index is 12.2. The second-order valence-electron chi connectivity index (χ2n) is 8.42. The summed E-state index contributed by atoms with van der Waals surface area (Å²) < 4.78 is 5.35. The predicted molar refractivity (Wildman–Crippen MR) is 119 cm³/mol. The molecule has 1 aromatic rings. The molecule has 0 aromatic heterocycles. The second-order valence-corrected chi connectivity index (χ2v) is 9.44. The molecule has 4 amide bonds. The van der Waals surface area contributed by atoms with Crippen molar-refractivity contribution in [2.45, 2.75) is 45.3 Å². The molecule has 4 N–H and O–H groups in total. The van der Waals surface area contributed by atoms with Gasteiger partial charge in [0, 0.05) is 30.4 Å². The highest BCUT2D eigenvalue weighted by Gasteiger charge is 2.28. The fourth-order valence-corrected chi connectivity index (χ4v) is 4.13. The molecule has 0 spiro atoms. The molecule has 1 atom stereocenters. The smallest absolute Gasteiger partial charge is 0.407 e. The van der Waals surface area contributed by atoms with Gasteiger partial charge in [0.1, 0.15) is 5.60 Å². The molecule has 2 aliphatic rings. The van der Waals surface area contributed by atoms with E-state index in [1.807, 2.05) is 20.8 Å². The molecular weight excluding hydrogens is 420 g/mol. The number of nitrogens with two attached hydrogens (primary N) is 1. The third-order valence-corrected chi connectivity index (χ3v) is 5.53. The number of amides is 4. The molecular formula is C21H26N4O5S. The summed E-state index contributed by atoms with van der Waals surface area (Å²) in [7, 11) is 0. The Bertz CT molecular complexity index is 954. The molecule has 2 heterocycles. The Hall–Kier alpha value is -3.01. The highest BCUT2D eigenvalue weighted by atomic mass is 32.2. The van der Waals surface area contributed by atoms with Crippen LogP contribution in [0.1, 0.15) is 49.5 Å². The van der Waals surface area contributed by atoms with Gasteiger partial charge in [-0.15, -0.1) is 0 Å². The third-order valence-electron chi connectivity index (χ3n) is 4.72. The van der Waals surface area contributed by atoms with Crippen LogP contribution in [0.4, 0.5) is 15.3 Å². The first-order chi connectivity index (χ1) is 14.5. The lowest BCUT2D eigenvalue weighted by Crippen LogP contribution is -2.49. The number of benzene rings is 1. The molecule has 31 heavy (non-hydrogen) atoms. The lowest BCUT2D eigenvalue weighted by atomic mass is 10.0. The Balaban J connectivity index is 1.84. The number of alkyl carbamates (subject to hydrolysis) is 1. The number of ether oxygens (including phenoxy) is 1. The Morgan fingerprint density at radius 1 is 1.32 bits per heavy atom. The van der Waals surface area contributed by atoms with Gasteiger partial charge >= 0.3 is 6.09 Å². The van der Waals surface area contributed by atoms with E-state index in [2.05, 4.69) is 15.5 Å². The summed E-state index contributed by atoms with van der Waals surface area (Å²) in [5.41, 5.74) is 6.51. The minimum absolute atomic E-state index is 0.120. The van der Waals surface area contributed by atoms with Crippen molar-refractivity contribution < 1.29 is 23.9 Å². The number of anilines is 1. The van der Waals surface area contributed by atoms with E-state index in [1.54, 1.807) is 24.3 Å². The van der Waals surface area contributed by atoms with Gasteiger partial charge in [-0.1, -0.05) is 0 Å². The largest absolute Gasteiger partial charge is 0.444 e. The van der Waals surface area contributed by atoms with Crippen LogP contribution in [0.15, 0.2) is 23.1 Å². The summed E-state index contributed by atoms with van der Waals surface area (Å²) in [6.45, 7) is 6.69. The normalized spacial score (nSPS) is 20.5.